The Hall–Kier alpha value is -2.04. The molecule has 5 heteroatoms. The number of ether oxygens (including phenoxy) is 1. The first kappa shape index (κ1) is 16.3. The van der Waals surface area contributed by atoms with Crippen molar-refractivity contribution in [2.24, 2.45) is 5.92 Å². The molecule has 0 bridgehead atoms. The van der Waals surface area contributed by atoms with E-state index >= 15 is 0 Å². The first-order valence-electron chi connectivity index (χ1n) is 7.88. The number of carbonyl (C=O) groups excluding carboxylic acids is 2. The van der Waals surface area contributed by atoms with Crippen molar-refractivity contribution < 1.29 is 14.3 Å². The van der Waals surface area contributed by atoms with Crippen LogP contribution >= 0.6 is 0 Å². The van der Waals surface area contributed by atoms with Gasteiger partial charge in [0.15, 0.2) is 0 Å². The maximum Gasteiger partial charge on any atom is 0.413 e. The molecule has 1 aromatic rings. The molecule has 1 fully saturated rings. The summed E-state index contributed by atoms with van der Waals surface area (Å²) in [7, 11) is 0. The minimum Gasteiger partial charge on any atom is -0.410 e. The van der Waals surface area contributed by atoms with Crippen molar-refractivity contribution >= 4 is 12.0 Å². The highest BCUT2D eigenvalue weighted by molar-refractivity contribution is 5.86. The van der Waals surface area contributed by atoms with E-state index in [0.29, 0.717) is 18.1 Å². The SMILES string of the molecule is CC(C)C[C@@H](NC(=O)Oc1ccccc1)C(=O)N1CCCC1. The second-order valence-electron chi connectivity index (χ2n) is 6.06. The molecule has 0 spiro atoms. The molecule has 2 rings (SSSR count). The second-order valence-corrected chi connectivity index (χ2v) is 6.06. The summed E-state index contributed by atoms with van der Waals surface area (Å²) in [6, 6.07) is 8.34. The van der Waals surface area contributed by atoms with Crippen LogP contribution in [-0.4, -0.2) is 36.0 Å². The van der Waals surface area contributed by atoms with E-state index in [-0.39, 0.29) is 5.91 Å². The fourth-order valence-corrected chi connectivity index (χ4v) is 2.62. The average Bonchev–Trinajstić information content (AvgIpc) is 3.00. The van der Waals surface area contributed by atoms with E-state index in [9.17, 15) is 9.59 Å². The average molecular weight is 304 g/mol. The van der Waals surface area contributed by atoms with Gasteiger partial charge in [-0.3, -0.25) is 4.79 Å². The number of hydrogen-bond acceptors (Lipinski definition) is 3. The van der Waals surface area contributed by atoms with Crippen LogP contribution in [0.15, 0.2) is 30.3 Å². The van der Waals surface area contributed by atoms with Crippen LogP contribution in [-0.2, 0) is 4.79 Å². The molecule has 1 aliphatic heterocycles. The van der Waals surface area contributed by atoms with Crippen molar-refractivity contribution in [3.63, 3.8) is 0 Å². The number of amides is 2. The zero-order valence-corrected chi connectivity index (χ0v) is 13.2. The van der Waals surface area contributed by atoms with E-state index in [1.807, 2.05) is 24.8 Å². The Balaban J connectivity index is 1.96. The molecule has 22 heavy (non-hydrogen) atoms. The van der Waals surface area contributed by atoms with Crippen LogP contribution in [0.1, 0.15) is 33.1 Å². The molecule has 1 aliphatic rings. The predicted octanol–water partition coefficient (Wildman–Crippen LogP) is 2.81. The number of nitrogens with one attached hydrogen (secondary N) is 1. The lowest BCUT2D eigenvalue weighted by Crippen LogP contribution is -2.49. The summed E-state index contributed by atoms with van der Waals surface area (Å²) in [5.41, 5.74) is 0. The molecule has 0 aromatic heterocycles. The van der Waals surface area contributed by atoms with Crippen LogP contribution in [0.4, 0.5) is 4.79 Å². The van der Waals surface area contributed by atoms with Gasteiger partial charge in [-0.25, -0.2) is 4.79 Å². The number of hydrogen-bond donors (Lipinski definition) is 1. The lowest BCUT2D eigenvalue weighted by atomic mass is 10.0. The molecule has 0 unspecified atom stereocenters. The molecule has 0 saturated carbocycles. The highest BCUT2D eigenvalue weighted by Crippen LogP contribution is 2.14. The zero-order valence-electron chi connectivity index (χ0n) is 13.2. The second kappa shape index (κ2) is 7.82. The van der Waals surface area contributed by atoms with Crippen molar-refractivity contribution in [2.75, 3.05) is 13.1 Å². The van der Waals surface area contributed by atoms with Gasteiger partial charge in [-0.1, -0.05) is 32.0 Å². The molecule has 1 N–H and O–H groups in total. The smallest absolute Gasteiger partial charge is 0.410 e. The van der Waals surface area contributed by atoms with Gasteiger partial charge in [-0.2, -0.15) is 0 Å². The van der Waals surface area contributed by atoms with Crippen molar-refractivity contribution in [2.45, 2.75) is 39.2 Å². The lowest BCUT2D eigenvalue weighted by molar-refractivity contribution is -0.132. The standard InChI is InChI=1S/C17H24N2O3/c1-13(2)12-15(16(20)19-10-6-7-11-19)18-17(21)22-14-8-4-3-5-9-14/h3-5,8-9,13,15H,6-7,10-12H2,1-2H3,(H,18,21)/t15-/m1/s1. The molecule has 1 saturated heterocycles. The first-order chi connectivity index (χ1) is 10.6. The number of nitrogens with zero attached hydrogens (tertiary/aromatic N) is 1. The van der Waals surface area contributed by atoms with Gasteiger partial charge >= 0.3 is 6.09 Å². The number of likely N-dealkylation sites (tertiary alicyclic amines) is 1. The summed E-state index contributed by atoms with van der Waals surface area (Å²) < 4.78 is 5.22. The summed E-state index contributed by atoms with van der Waals surface area (Å²) in [6.45, 7) is 5.63. The van der Waals surface area contributed by atoms with Gasteiger partial charge in [0, 0.05) is 13.1 Å². The van der Waals surface area contributed by atoms with Crippen LogP contribution in [0, 0.1) is 5.92 Å². The molecular weight excluding hydrogens is 280 g/mol. The monoisotopic (exact) mass is 304 g/mol. The molecule has 1 atom stereocenters. The van der Waals surface area contributed by atoms with Gasteiger partial charge in [0.25, 0.3) is 0 Å². The Kier molecular flexibility index (Phi) is 5.81. The van der Waals surface area contributed by atoms with Crippen molar-refractivity contribution in [1.29, 1.82) is 0 Å². The largest absolute Gasteiger partial charge is 0.413 e. The maximum atomic E-state index is 12.5. The molecular formula is C17H24N2O3. The van der Waals surface area contributed by atoms with E-state index < -0.39 is 12.1 Å². The van der Waals surface area contributed by atoms with Crippen LogP contribution in [0.2, 0.25) is 0 Å². The summed E-state index contributed by atoms with van der Waals surface area (Å²) in [4.78, 5) is 26.4. The zero-order chi connectivity index (χ0) is 15.9. The molecule has 1 heterocycles. The Morgan fingerprint density at radius 1 is 1.18 bits per heavy atom. The molecule has 5 nitrogen and oxygen atoms in total. The summed E-state index contributed by atoms with van der Waals surface area (Å²) in [5, 5.41) is 2.72. The molecule has 1 aromatic carbocycles. The number of rotatable bonds is 5. The van der Waals surface area contributed by atoms with Crippen LogP contribution in [0.5, 0.6) is 5.75 Å². The lowest BCUT2D eigenvalue weighted by Gasteiger charge is -2.25. The first-order valence-corrected chi connectivity index (χ1v) is 7.88. The van der Waals surface area contributed by atoms with Gasteiger partial charge in [-0.05, 0) is 37.3 Å². The van der Waals surface area contributed by atoms with Crippen LogP contribution in [0.25, 0.3) is 0 Å². The normalized spacial score (nSPS) is 15.7. The van der Waals surface area contributed by atoms with Crippen LogP contribution < -0.4 is 10.1 Å². The van der Waals surface area contributed by atoms with Gasteiger partial charge in [-0.15, -0.1) is 0 Å². The third kappa shape index (κ3) is 4.76. The van der Waals surface area contributed by atoms with E-state index in [1.54, 1.807) is 24.3 Å². The number of para-hydroxylation sites is 1. The number of carbonyl (C=O) groups is 2. The fourth-order valence-electron chi connectivity index (χ4n) is 2.62. The summed E-state index contributed by atoms with van der Waals surface area (Å²) in [6.07, 6.45) is 2.10. The van der Waals surface area contributed by atoms with Crippen molar-refractivity contribution in [3.05, 3.63) is 30.3 Å². The Morgan fingerprint density at radius 3 is 2.41 bits per heavy atom. The molecule has 120 valence electrons. The van der Waals surface area contributed by atoms with Crippen LogP contribution in [0.3, 0.4) is 0 Å². The fraction of sp³-hybridized carbons (Fsp3) is 0.529. The van der Waals surface area contributed by atoms with E-state index in [2.05, 4.69) is 5.32 Å². The quantitative estimate of drug-likeness (QED) is 0.910. The Bertz CT molecular complexity index is 496. The van der Waals surface area contributed by atoms with E-state index in [1.165, 1.54) is 0 Å². The van der Waals surface area contributed by atoms with Crippen molar-refractivity contribution in [3.8, 4) is 5.75 Å². The number of benzene rings is 1. The third-order valence-corrected chi connectivity index (χ3v) is 3.67. The van der Waals surface area contributed by atoms with E-state index in [0.717, 1.165) is 25.9 Å². The topological polar surface area (TPSA) is 58.6 Å². The minimum atomic E-state index is -0.579. The molecule has 0 radical (unpaired) electrons. The Morgan fingerprint density at radius 2 is 1.82 bits per heavy atom. The van der Waals surface area contributed by atoms with E-state index in [4.69, 9.17) is 4.74 Å². The summed E-state index contributed by atoms with van der Waals surface area (Å²) in [5.74, 6) is 0.779. The highest BCUT2D eigenvalue weighted by Gasteiger charge is 2.28. The molecule has 2 amide bonds. The van der Waals surface area contributed by atoms with Gasteiger partial charge in [0.2, 0.25) is 5.91 Å². The maximum absolute atomic E-state index is 12.5. The van der Waals surface area contributed by atoms with Gasteiger partial charge < -0.3 is 15.0 Å². The van der Waals surface area contributed by atoms with Crippen molar-refractivity contribution in [1.82, 2.24) is 10.2 Å². The van der Waals surface area contributed by atoms with Gasteiger partial charge in [0.05, 0.1) is 0 Å². The Labute approximate surface area is 131 Å². The predicted molar refractivity (Wildman–Crippen MR) is 84.7 cm³/mol. The third-order valence-electron chi connectivity index (χ3n) is 3.67. The minimum absolute atomic E-state index is 0.00351. The molecule has 0 aliphatic carbocycles. The highest BCUT2D eigenvalue weighted by atomic mass is 16.6. The van der Waals surface area contributed by atoms with Gasteiger partial charge in [0.1, 0.15) is 11.8 Å². The summed E-state index contributed by atoms with van der Waals surface area (Å²) >= 11 is 0.